The second-order valence-electron chi connectivity index (χ2n) is 5.61. The van der Waals surface area contributed by atoms with Crippen molar-refractivity contribution in [1.29, 1.82) is 0 Å². The SMILES string of the molecule is CC(C)C(NC(=O)CNC(=O)c1ccc(F)cc1F)c1cccs1. The topological polar surface area (TPSA) is 58.2 Å². The standard InChI is InChI=1S/C17H18F2N2O2S/c1-10(2)16(14-4-3-7-24-14)21-15(22)9-20-17(23)12-6-5-11(18)8-13(12)19/h3-8,10,16H,9H2,1-2H3,(H,20,23)(H,21,22). The summed E-state index contributed by atoms with van der Waals surface area (Å²) >= 11 is 1.54. The number of rotatable bonds is 6. The summed E-state index contributed by atoms with van der Waals surface area (Å²) in [6.07, 6.45) is 0. The van der Waals surface area contributed by atoms with Gasteiger partial charge < -0.3 is 10.6 Å². The minimum Gasteiger partial charge on any atom is -0.347 e. The molecule has 0 radical (unpaired) electrons. The minimum atomic E-state index is -0.966. The number of hydrogen-bond donors (Lipinski definition) is 2. The lowest BCUT2D eigenvalue weighted by Crippen LogP contribution is -2.40. The molecule has 24 heavy (non-hydrogen) atoms. The quantitative estimate of drug-likeness (QED) is 0.838. The minimum absolute atomic E-state index is 0.156. The van der Waals surface area contributed by atoms with Gasteiger partial charge in [0.2, 0.25) is 5.91 Å². The van der Waals surface area contributed by atoms with Gasteiger partial charge in [0.1, 0.15) is 11.6 Å². The molecular formula is C17H18F2N2O2S. The van der Waals surface area contributed by atoms with Crippen molar-refractivity contribution in [3.8, 4) is 0 Å². The molecule has 0 bridgehead atoms. The van der Waals surface area contributed by atoms with E-state index in [0.29, 0.717) is 6.07 Å². The third-order valence-corrected chi connectivity index (χ3v) is 4.37. The van der Waals surface area contributed by atoms with Crippen molar-refractivity contribution < 1.29 is 18.4 Å². The number of thiophene rings is 1. The Kier molecular flexibility index (Phi) is 6.03. The first-order valence-corrected chi connectivity index (χ1v) is 8.32. The fraction of sp³-hybridized carbons (Fsp3) is 0.294. The van der Waals surface area contributed by atoms with E-state index >= 15 is 0 Å². The molecule has 0 saturated heterocycles. The predicted molar refractivity (Wildman–Crippen MR) is 88.7 cm³/mol. The van der Waals surface area contributed by atoms with Crippen LogP contribution in [-0.4, -0.2) is 18.4 Å². The van der Waals surface area contributed by atoms with Gasteiger partial charge in [-0.15, -0.1) is 11.3 Å². The Hall–Kier alpha value is -2.28. The number of hydrogen-bond acceptors (Lipinski definition) is 3. The lowest BCUT2D eigenvalue weighted by Gasteiger charge is -2.21. The van der Waals surface area contributed by atoms with Crippen LogP contribution in [0, 0.1) is 17.6 Å². The molecule has 1 unspecified atom stereocenters. The van der Waals surface area contributed by atoms with E-state index in [4.69, 9.17) is 0 Å². The Morgan fingerprint density at radius 2 is 1.96 bits per heavy atom. The molecule has 2 amide bonds. The van der Waals surface area contributed by atoms with E-state index in [1.165, 1.54) is 11.3 Å². The second-order valence-corrected chi connectivity index (χ2v) is 6.59. The van der Waals surface area contributed by atoms with Crippen LogP contribution in [0.25, 0.3) is 0 Å². The fourth-order valence-electron chi connectivity index (χ4n) is 2.19. The average Bonchev–Trinajstić information content (AvgIpc) is 3.04. The van der Waals surface area contributed by atoms with E-state index in [1.807, 2.05) is 31.4 Å². The maximum absolute atomic E-state index is 13.5. The van der Waals surface area contributed by atoms with Gasteiger partial charge in [-0.3, -0.25) is 9.59 Å². The van der Waals surface area contributed by atoms with Crippen molar-refractivity contribution in [3.63, 3.8) is 0 Å². The molecule has 0 aliphatic heterocycles. The number of carbonyl (C=O) groups is 2. The van der Waals surface area contributed by atoms with Gasteiger partial charge in [-0.25, -0.2) is 8.78 Å². The van der Waals surface area contributed by atoms with Crippen molar-refractivity contribution in [3.05, 3.63) is 57.8 Å². The van der Waals surface area contributed by atoms with Gasteiger partial charge in [-0.2, -0.15) is 0 Å². The van der Waals surface area contributed by atoms with E-state index in [2.05, 4.69) is 10.6 Å². The number of nitrogens with one attached hydrogen (secondary N) is 2. The second kappa shape index (κ2) is 8.01. The maximum Gasteiger partial charge on any atom is 0.254 e. The third kappa shape index (κ3) is 4.61. The zero-order valence-electron chi connectivity index (χ0n) is 13.3. The van der Waals surface area contributed by atoms with Crippen LogP contribution < -0.4 is 10.6 Å². The summed E-state index contributed by atoms with van der Waals surface area (Å²) in [7, 11) is 0. The molecule has 0 aliphatic carbocycles. The lowest BCUT2D eigenvalue weighted by atomic mass is 10.0. The molecule has 2 rings (SSSR count). The molecule has 128 valence electrons. The highest BCUT2D eigenvalue weighted by Crippen LogP contribution is 2.25. The van der Waals surface area contributed by atoms with Gasteiger partial charge in [-0.05, 0) is 29.5 Å². The normalized spacial score (nSPS) is 12.0. The highest BCUT2D eigenvalue weighted by Gasteiger charge is 2.20. The Morgan fingerprint density at radius 3 is 2.54 bits per heavy atom. The number of halogens is 2. The maximum atomic E-state index is 13.5. The number of amides is 2. The summed E-state index contributed by atoms with van der Waals surface area (Å²) in [4.78, 5) is 25.0. The first-order valence-electron chi connectivity index (χ1n) is 7.44. The smallest absolute Gasteiger partial charge is 0.254 e. The van der Waals surface area contributed by atoms with Crippen LogP contribution in [-0.2, 0) is 4.79 Å². The molecule has 0 fully saturated rings. The molecule has 1 aromatic carbocycles. The molecule has 1 atom stereocenters. The molecule has 1 aromatic heterocycles. The van der Waals surface area contributed by atoms with Crippen LogP contribution in [0.5, 0.6) is 0 Å². The van der Waals surface area contributed by atoms with Crippen molar-refractivity contribution in [2.24, 2.45) is 5.92 Å². The molecule has 0 aliphatic rings. The average molecular weight is 352 g/mol. The van der Waals surface area contributed by atoms with Crippen LogP contribution in [0.3, 0.4) is 0 Å². The van der Waals surface area contributed by atoms with Crippen molar-refractivity contribution in [1.82, 2.24) is 10.6 Å². The van der Waals surface area contributed by atoms with Gasteiger partial charge in [0.05, 0.1) is 18.2 Å². The molecule has 7 heteroatoms. The fourth-order valence-corrected chi connectivity index (χ4v) is 3.14. The van der Waals surface area contributed by atoms with Gasteiger partial charge in [0, 0.05) is 10.9 Å². The summed E-state index contributed by atoms with van der Waals surface area (Å²) in [6.45, 7) is 3.68. The summed E-state index contributed by atoms with van der Waals surface area (Å²) in [5.41, 5.74) is -0.303. The highest BCUT2D eigenvalue weighted by atomic mass is 32.1. The van der Waals surface area contributed by atoms with E-state index < -0.39 is 17.5 Å². The zero-order chi connectivity index (χ0) is 17.7. The van der Waals surface area contributed by atoms with E-state index in [0.717, 1.165) is 17.0 Å². The van der Waals surface area contributed by atoms with Gasteiger partial charge >= 0.3 is 0 Å². The molecule has 4 nitrogen and oxygen atoms in total. The van der Waals surface area contributed by atoms with E-state index in [9.17, 15) is 18.4 Å². The third-order valence-electron chi connectivity index (χ3n) is 3.42. The zero-order valence-corrected chi connectivity index (χ0v) is 14.1. The highest BCUT2D eigenvalue weighted by molar-refractivity contribution is 7.10. The van der Waals surface area contributed by atoms with Crippen molar-refractivity contribution >= 4 is 23.2 Å². The molecule has 0 saturated carbocycles. The van der Waals surface area contributed by atoms with Crippen LogP contribution in [0.15, 0.2) is 35.7 Å². The summed E-state index contributed by atoms with van der Waals surface area (Å²) in [5, 5.41) is 7.12. The first-order chi connectivity index (χ1) is 11.4. The largest absolute Gasteiger partial charge is 0.347 e. The van der Waals surface area contributed by atoms with Crippen LogP contribution in [0.1, 0.15) is 35.1 Å². The monoisotopic (exact) mass is 352 g/mol. The first kappa shape index (κ1) is 18.1. The Balaban J connectivity index is 1.93. The van der Waals surface area contributed by atoms with Gasteiger partial charge in [0.15, 0.2) is 0 Å². The van der Waals surface area contributed by atoms with Gasteiger partial charge in [0.25, 0.3) is 5.91 Å². The summed E-state index contributed by atoms with van der Waals surface area (Å²) in [6, 6.07) is 6.34. The van der Waals surface area contributed by atoms with Crippen LogP contribution in [0.4, 0.5) is 8.78 Å². The Labute approximate surface area is 142 Å². The van der Waals surface area contributed by atoms with Crippen molar-refractivity contribution in [2.75, 3.05) is 6.54 Å². The summed E-state index contributed by atoms with van der Waals surface area (Å²) < 4.78 is 26.4. The Morgan fingerprint density at radius 1 is 1.21 bits per heavy atom. The molecule has 0 spiro atoms. The van der Waals surface area contributed by atoms with E-state index in [1.54, 1.807) is 0 Å². The number of benzene rings is 1. The van der Waals surface area contributed by atoms with Crippen molar-refractivity contribution in [2.45, 2.75) is 19.9 Å². The van der Waals surface area contributed by atoms with Crippen LogP contribution in [0.2, 0.25) is 0 Å². The molecule has 2 aromatic rings. The lowest BCUT2D eigenvalue weighted by molar-refractivity contribution is -0.121. The Bertz CT molecular complexity index is 717. The predicted octanol–water partition coefficient (Wildman–Crippen LogP) is 3.27. The van der Waals surface area contributed by atoms with Gasteiger partial charge in [-0.1, -0.05) is 19.9 Å². The van der Waals surface area contributed by atoms with Crippen LogP contribution >= 0.6 is 11.3 Å². The molecular weight excluding hydrogens is 334 g/mol. The van der Waals surface area contributed by atoms with E-state index in [-0.39, 0.29) is 30.0 Å². The molecule has 1 heterocycles. The number of carbonyl (C=O) groups excluding carboxylic acids is 2. The summed E-state index contributed by atoms with van der Waals surface area (Å²) in [5.74, 6) is -2.69. The molecule has 2 N–H and O–H groups in total.